The average Bonchev–Trinajstić information content (AvgIpc) is 3.15. The molecule has 0 saturated heterocycles. The Labute approximate surface area is 159 Å². The van der Waals surface area contributed by atoms with Gasteiger partial charge in [0.1, 0.15) is 11.8 Å². The molecule has 0 spiro atoms. The number of aromatic nitrogens is 2. The van der Waals surface area contributed by atoms with Crippen molar-refractivity contribution in [2.45, 2.75) is 58.3 Å². The van der Waals surface area contributed by atoms with Crippen molar-refractivity contribution in [1.82, 2.24) is 15.3 Å². The highest BCUT2D eigenvalue weighted by Gasteiger charge is 2.19. The second-order valence-electron chi connectivity index (χ2n) is 6.82. The van der Waals surface area contributed by atoms with E-state index in [0.717, 1.165) is 18.4 Å². The Balaban J connectivity index is 1.58. The van der Waals surface area contributed by atoms with Crippen molar-refractivity contribution >= 4 is 11.7 Å². The van der Waals surface area contributed by atoms with Gasteiger partial charge in [-0.05, 0) is 57.7 Å². The molecule has 1 aliphatic carbocycles. The van der Waals surface area contributed by atoms with Crippen molar-refractivity contribution in [3.63, 3.8) is 0 Å². The third-order valence-corrected chi connectivity index (χ3v) is 4.24. The van der Waals surface area contributed by atoms with Gasteiger partial charge in [0, 0.05) is 24.5 Å². The monoisotopic (exact) mass is 370 g/mol. The molecule has 1 aliphatic rings. The first-order valence-corrected chi connectivity index (χ1v) is 9.39. The molecule has 2 N–H and O–H groups in total. The molecule has 7 nitrogen and oxygen atoms in total. The lowest BCUT2D eigenvalue weighted by Crippen LogP contribution is -2.29. The molecule has 1 saturated carbocycles. The summed E-state index contributed by atoms with van der Waals surface area (Å²) in [5, 5.41) is 5.62. The van der Waals surface area contributed by atoms with Crippen LogP contribution in [0.25, 0.3) is 0 Å². The molecule has 3 rings (SSSR count). The van der Waals surface area contributed by atoms with E-state index in [1.807, 2.05) is 26.0 Å². The van der Waals surface area contributed by atoms with Gasteiger partial charge in [-0.1, -0.05) is 6.07 Å². The Hall–Kier alpha value is -2.83. The van der Waals surface area contributed by atoms with Crippen molar-refractivity contribution in [1.29, 1.82) is 0 Å². The van der Waals surface area contributed by atoms with Crippen molar-refractivity contribution < 1.29 is 14.3 Å². The molecule has 0 bridgehead atoms. The zero-order chi connectivity index (χ0) is 19.1. The zero-order valence-electron chi connectivity index (χ0n) is 15.8. The third kappa shape index (κ3) is 5.57. The fourth-order valence-corrected chi connectivity index (χ4v) is 2.97. The van der Waals surface area contributed by atoms with E-state index in [0.29, 0.717) is 24.0 Å². The first kappa shape index (κ1) is 18.9. The van der Waals surface area contributed by atoms with Gasteiger partial charge in [-0.3, -0.25) is 0 Å². The molecule has 0 aliphatic heterocycles. The lowest BCUT2D eigenvalue weighted by molar-refractivity contribution is 0.199. The van der Waals surface area contributed by atoms with E-state index in [9.17, 15) is 4.79 Å². The van der Waals surface area contributed by atoms with Crippen LogP contribution in [0.3, 0.4) is 0 Å². The minimum Gasteiger partial charge on any atom is -0.474 e. The Morgan fingerprint density at radius 3 is 2.59 bits per heavy atom. The summed E-state index contributed by atoms with van der Waals surface area (Å²) in [6.07, 6.45) is 8.03. The Morgan fingerprint density at radius 2 is 1.85 bits per heavy atom. The quantitative estimate of drug-likeness (QED) is 0.772. The van der Waals surface area contributed by atoms with E-state index in [4.69, 9.17) is 9.47 Å². The van der Waals surface area contributed by atoms with E-state index < -0.39 is 0 Å². The number of rotatable bonds is 7. The topological polar surface area (TPSA) is 85.4 Å². The number of carbonyl (C=O) groups excluding carboxylic acids is 1. The number of ether oxygens (including phenoxy) is 2. The predicted octanol–water partition coefficient (Wildman–Crippen LogP) is 3.91. The van der Waals surface area contributed by atoms with Crippen LogP contribution in [0.4, 0.5) is 10.5 Å². The number of nitrogens with one attached hydrogen (secondary N) is 2. The Bertz CT molecular complexity index is 760. The summed E-state index contributed by atoms with van der Waals surface area (Å²) in [6, 6.07) is 6.91. The molecule has 2 aromatic rings. The molecule has 0 atom stereocenters. The van der Waals surface area contributed by atoms with E-state index in [2.05, 4.69) is 20.6 Å². The third-order valence-electron chi connectivity index (χ3n) is 4.24. The van der Waals surface area contributed by atoms with Gasteiger partial charge in [0.15, 0.2) is 0 Å². The molecular formula is C20H26N4O3. The lowest BCUT2D eigenvalue weighted by atomic mass is 10.2. The molecular weight excluding hydrogens is 344 g/mol. The molecule has 1 fully saturated rings. The van der Waals surface area contributed by atoms with Crippen LogP contribution in [0.1, 0.15) is 45.1 Å². The van der Waals surface area contributed by atoms with Crippen LogP contribution in [0.2, 0.25) is 0 Å². The number of anilines is 1. The first-order chi connectivity index (χ1) is 13.1. The number of amides is 2. The van der Waals surface area contributed by atoms with E-state index in [1.54, 1.807) is 24.5 Å². The van der Waals surface area contributed by atoms with Gasteiger partial charge >= 0.3 is 6.03 Å². The summed E-state index contributed by atoms with van der Waals surface area (Å²) in [7, 11) is 0. The van der Waals surface area contributed by atoms with Gasteiger partial charge < -0.3 is 20.1 Å². The van der Waals surface area contributed by atoms with Crippen molar-refractivity contribution in [2.24, 2.45) is 0 Å². The molecule has 144 valence electrons. The normalized spacial score (nSPS) is 14.2. The second kappa shape index (κ2) is 9.21. The van der Waals surface area contributed by atoms with Gasteiger partial charge in [-0.2, -0.15) is 0 Å². The SMILES string of the molecule is CC(C)Oc1ncccc1NC(=O)NCc1cccnc1OC1CCCC1. The Kier molecular flexibility index (Phi) is 6.46. The van der Waals surface area contributed by atoms with Crippen molar-refractivity contribution in [2.75, 3.05) is 5.32 Å². The van der Waals surface area contributed by atoms with Gasteiger partial charge in [0.05, 0.1) is 6.10 Å². The molecule has 2 heterocycles. The van der Waals surface area contributed by atoms with Crippen molar-refractivity contribution in [3.05, 3.63) is 42.2 Å². The van der Waals surface area contributed by atoms with Crippen LogP contribution in [-0.2, 0) is 6.54 Å². The van der Waals surface area contributed by atoms with Crippen LogP contribution in [-0.4, -0.2) is 28.2 Å². The molecule has 0 radical (unpaired) electrons. The number of hydrogen-bond donors (Lipinski definition) is 2. The maximum atomic E-state index is 12.3. The summed E-state index contributed by atoms with van der Waals surface area (Å²) in [4.78, 5) is 20.8. The predicted molar refractivity (Wildman–Crippen MR) is 103 cm³/mol. The molecule has 0 aromatic carbocycles. The fourth-order valence-electron chi connectivity index (χ4n) is 2.97. The number of nitrogens with zero attached hydrogens (tertiary/aromatic N) is 2. The van der Waals surface area contributed by atoms with Gasteiger partial charge in [0.25, 0.3) is 0 Å². The zero-order valence-corrected chi connectivity index (χ0v) is 15.8. The van der Waals surface area contributed by atoms with Crippen molar-refractivity contribution in [3.8, 4) is 11.8 Å². The summed E-state index contributed by atoms with van der Waals surface area (Å²) in [5.74, 6) is 0.990. The highest BCUT2D eigenvalue weighted by Crippen LogP contribution is 2.25. The maximum Gasteiger partial charge on any atom is 0.319 e. The maximum absolute atomic E-state index is 12.3. The average molecular weight is 370 g/mol. The van der Waals surface area contributed by atoms with Crippen LogP contribution in [0.15, 0.2) is 36.7 Å². The molecule has 2 amide bonds. The summed E-state index contributed by atoms with van der Waals surface area (Å²) < 4.78 is 11.6. The largest absolute Gasteiger partial charge is 0.474 e. The number of urea groups is 1. The molecule has 27 heavy (non-hydrogen) atoms. The number of carbonyl (C=O) groups is 1. The minimum atomic E-state index is -0.340. The smallest absolute Gasteiger partial charge is 0.319 e. The van der Waals surface area contributed by atoms with E-state index in [-0.39, 0.29) is 18.2 Å². The summed E-state index contributed by atoms with van der Waals surface area (Å²) in [6.45, 7) is 4.14. The minimum absolute atomic E-state index is 0.0331. The van der Waals surface area contributed by atoms with Crippen LogP contribution in [0, 0.1) is 0 Å². The van der Waals surface area contributed by atoms with Gasteiger partial charge in [0.2, 0.25) is 11.8 Å². The van der Waals surface area contributed by atoms with Crippen LogP contribution in [0.5, 0.6) is 11.8 Å². The van der Waals surface area contributed by atoms with E-state index >= 15 is 0 Å². The molecule has 2 aromatic heterocycles. The number of pyridine rings is 2. The van der Waals surface area contributed by atoms with Crippen LogP contribution < -0.4 is 20.1 Å². The highest BCUT2D eigenvalue weighted by atomic mass is 16.5. The Morgan fingerprint density at radius 1 is 1.15 bits per heavy atom. The lowest BCUT2D eigenvalue weighted by Gasteiger charge is -2.16. The fraction of sp³-hybridized carbons (Fsp3) is 0.450. The standard InChI is InChI=1S/C20H26N4O3/c1-14(2)26-19-17(10-6-12-22-19)24-20(25)23-13-15-7-5-11-21-18(15)27-16-8-3-4-9-16/h5-7,10-12,14,16H,3-4,8-9,13H2,1-2H3,(H2,23,24,25). The van der Waals surface area contributed by atoms with E-state index in [1.165, 1.54) is 12.8 Å². The molecule has 7 heteroatoms. The highest BCUT2D eigenvalue weighted by molar-refractivity contribution is 5.90. The number of hydrogen-bond acceptors (Lipinski definition) is 5. The first-order valence-electron chi connectivity index (χ1n) is 9.39. The molecule has 0 unspecified atom stereocenters. The second-order valence-corrected chi connectivity index (χ2v) is 6.82. The summed E-state index contributed by atoms with van der Waals surface area (Å²) in [5.41, 5.74) is 1.38. The van der Waals surface area contributed by atoms with Crippen LogP contribution >= 0.6 is 0 Å². The van der Waals surface area contributed by atoms with Gasteiger partial charge in [-0.25, -0.2) is 14.8 Å². The van der Waals surface area contributed by atoms with Gasteiger partial charge in [-0.15, -0.1) is 0 Å². The summed E-state index contributed by atoms with van der Waals surface area (Å²) >= 11 is 0.